The molecular weight excluding hydrogens is 412 g/mol. The average Bonchev–Trinajstić information content (AvgIpc) is 3.35. The molecule has 6 heteroatoms. The number of ether oxygens (including phenoxy) is 1. The number of carbonyl (C=O) groups excluding carboxylic acids is 1. The van der Waals surface area contributed by atoms with Crippen LogP contribution in [0.3, 0.4) is 0 Å². The average molecular weight is 439 g/mol. The minimum absolute atomic E-state index is 0.00992. The van der Waals surface area contributed by atoms with Crippen LogP contribution >= 0.6 is 0 Å². The Morgan fingerprint density at radius 2 is 1.45 bits per heavy atom. The van der Waals surface area contributed by atoms with Gasteiger partial charge in [-0.1, -0.05) is 60.7 Å². The van der Waals surface area contributed by atoms with Crippen molar-refractivity contribution in [1.29, 1.82) is 0 Å². The number of methoxy groups -OCH3 is 1. The van der Waals surface area contributed by atoms with Crippen LogP contribution in [0.4, 0.5) is 5.69 Å². The normalized spacial score (nSPS) is 13.7. The van der Waals surface area contributed by atoms with E-state index in [4.69, 9.17) is 9.84 Å². The summed E-state index contributed by atoms with van der Waals surface area (Å²) < 4.78 is 7.31. The van der Waals surface area contributed by atoms with Crippen LogP contribution in [-0.4, -0.2) is 53.9 Å². The number of amides is 1. The van der Waals surface area contributed by atoms with Gasteiger partial charge in [0.1, 0.15) is 11.4 Å². The molecule has 0 saturated carbocycles. The quantitative estimate of drug-likeness (QED) is 0.460. The van der Waals surface area contributed by atoms with Gasteiger partial charge < -0.3 is 14.5 Å². The van der Waals surface area contributed by atoms with E-state index in [-0.39, 0.29) is 5.91 Å². The van der Waals surface area contributed by atoms with Gasteiger partial charge in [0.15, 0.2) is 0 Å². The Morgan fingerprint density at radius 3 is 2.15 bits per heavy atom. The zero-order valence-corrected chi connectivity index (χ0v) is 18.6. The molecule has 1 fully saturated rings. The maximum Gasteiger partial charge on any atom is 0.257 e. The first-order chi connectivity index (χ1) is 16.2. The van der Waals surface area contributed by atoms with Gasteiger partial charge in [-0.05, 0) is 24.3 Å². The molecular formula is C27H26N4O2. The van der Waals surface area contributed by atoms with Crippen molar-refractivity contribution >= 4 is 11.6 Å². The van der Waals surface area contributed by atoms with E-state index in [0.29, 0.717) is 24.3 Å². The third kappa shape index (κ3) is 4.20. The summed E-state index contributed by atoms with van der Waals surface area (Å²) in [5.41, 5.74) is 4.25. The lowest BCUT2D eigenvalue weighted by atomic mass is 10.1. The third-order valence-electron chi connectivity index (χ3n) is 6.01. The number of rotatable bonds is 5. The van der Waals surface area contributed by atoms with E-state index in [1.807, 2.05) is 90.0 Å². The molecule has 5 rings (SSSR count). The van der Waals surface area contributed by atoms with E-state index in [9.17, 15) is 4.79 Å². The Hall–Kier alpha value is -4.06. The van der Waals surface area contributed by atoms with Crippen LogP contribution in [0.1, 0.15) is 10.4 Å². The molecule has 1 amide bonds. The van der Waals surface area contributed by atoms with Crippen molar-refractivity contribution in [2.45, 2.75) is 0 Å². The zero-order valence-electron chi connectivity index (χ0n) is 18.6. The van der Waals surface area contributed by atoms with Crippen LogP contribution in [0.2, 0.25) is 0 Å². The lowest BCUT2D eigenvalue weighted by molar-refractivity contribution is 0.0747. The number of hydrogen-bond donors (Lipinski definition) is 0. The highest BCUT2D eigenvalue weighted by Crippen LogP contribution is 2.29. The molecule has 0 spiro atoms. The first-order valence-electron chi connectivity index (χ1n) is 11.1. The largest absolute Gasteiger partial charge is 0.495 e. The fourth-order valence-electron chi connectivity index (χ4n) is 4.26. The van der Waals surface area contributed by atoms with E-state index in [1.165, 1.54) is 0 Å². The molecule has 33 heavy (non-hydrogen) atoms. The van der Waals surface area contributed by atoms with Crippen LogP contribution in [0, 0.1) is 0 Å². The topological polar surface area (TPSA) is 50.6 Å². The number of piperazine rings is 1. The molecule has 0 aliphatic carbocycles. The second kappa shape index (κ2) is 9.20. The summed E-state index contributed by atoms with van der Waals surface area (Å²) in [7, 11) is 1.69. The molecule has 0 bridgehead atoms. The third-order valence-corrected chi connectivity index (χ3v) is 6.01. The second-order valence-electron chi connectivity index (χ2n) is 7.99. The van der Waals surface area contributed by atoms with Crippen LogP contribution in [0.15, 0.2) is 91.1 Å². The Labute approximate surface area is 193 Å². The Balaban J connectivity index is 1.41. The van der Waals surface area contributed by atoms with Crippen molar-refractivity contribution in [3.63, 3.8) is 0 Å². The van der Waals surface area contributed by atoms with Crippen molar-refractivity contribution in [2.24, 2.45) is 0 Å². The molecule has 1 aromatic heterocycles. The Morgan fingerprint density at radius 1 is 0.818 bits per heavy atom. The molecule has 1 saturated heterocycles. The summed E-state index contributed by atoms with van der Waals surface area (Å²) in [6, 6.07) is 27.8. The maximum atomic E-state index is 13.6. The number of hydrogen-bond acceptors (Lipinski definition) is 4. The summed E-state index contributed by atoms with van der Waals surface area (Å²) in [6.45, 7) is 2.78. The van der Waals surface area contributed by atoms with Gasteiger partial charge in [0.05, 0.1) is 24.0 Å². The highest BCUT2D eigenvalue weighted by molar-refractivity contribution is 6.00. The molecule has 0 N–H and O–H groups in total. The summed E-state index contributed by atoms with van der Waals surface area (Å²) in [6.07, 6.45) is 1.85. The number of benzene rings is 3. The van der Waals surface area contributed by atoms with E-state index < -0.39 is 0 Å². The summed E-state index contributed by atoms with van der Waals surface area (Å²) in [5.74, 6) is 0.864. The fraction of sp³-hybridized carbons (Fsp3) is 0.185. The smallest absolute Gasteiger partial charge is 0.257 e. The van der Waals surface area contributed by atoms with E-state index in [2.05, 4.69) is 11.0 Å². The lowest BCUT2D eigenvalue weighted by Crippen LogP contribution is -2.48. The van der Waals surface area contributed by atoms with Crippen LogP contribution in [0.5, 0.6) is 5.75 Å². The summed E-state index contributed by atoms with van der Waals surface area (Å²) in [4.78, 5) is 17.8. The number of para-hydroxylation sites is 3. The molecule has 166 valence electrons. The molecule has 4 aromatic rings. The maximum absolute atomic E-state index is 13.6. The fourth-order valence-corrected chi connectivity index (χ4v) is 4.26. The lowest BCUT2D eigenvalue weighted by Gasteiger charge is -2.36. The summed E-state index contributed by atoms with van der Waals surface area (Å²) >= 11 is 0. The molecule has 0 radical (unpaired) electrons. The van der Waals surface area contributed by atoms with Crippen LogP contribution < -0.4 is 9.64 Å². The van der Waals surface area contributed by atoms with Crippen molar-refractivity contribution < 1.29 is 9.53 Å². The molecule has 0 atom stereocenters. The number of anilines is 1. The van der Waals surface area contributed by atoms with Crippen molar-refractivity contribution in [3.8, 4) is 22.7 Å². The number of aromatic nitrogens is 2. The second-order valence-corrected chi connectivity index (χ2v) is 7.99. The monoisotopic (exact) mass is 438 g/mol. The predicted molar refractivity (Wildman–Crippen MR) is 130 cm³/mol. The van der Waals surface area contributed by atoms with E-state index in [0.717, 1.165) is 35.8 Å². The van der Waals surface area contributed by atoms with E-state index >= 15 is 0 Å². The van der Waals surface area contributed by atoms with Gasteiger partial charge in [0.2, 0.25) is 0 Å². The van der Waals surface area contributed by atoms with Crippen molar-refractivity contribution in [1.82, 2.24) is 14.7 Å². The van der Waals surface area contributed by atoms with Gasteiger partial charge in [-0.15, -0.1) is 0 Å². The first kappa shape index (κ1) is 20.8. The van der Waals surface area contributed by atoms with Gasteiger partial charge in [-0.3, -0.25) is 4.79 Å². The van der Waals surface area contributed by atoms with Gasteiger partial charge in [0, 0.05) is 37.9 Å². The minimum atomic E-state index is 0.00992. The highest BCUT2D eigenvalue weighted by atomic mass is 16.5. The number of carbonyl (C=O) groups is 1. The van der Waals surface area contributed by atoms with Gasteiger partial charge in [-0.2, -0.15) is 5.10 Å². The highest BCUT2D eigenvalue weighted by Gasteiger charge is 2.27. The predicted octanol–water partition coefficient (Wildman–Crippen LogP) is 4.51. The molecule has 6 nitrogen and oxygen atoms in total. The van der Waals surface area contributed by atoms with E-state index in [1.54, 1.807) is 11.8 Å². The molecule has 2 heterocycles. The molecule has 1 aliphatic rings. The standard InChI is InChI=1S/C27H26N4O2/c1-33-25-15-9-8-14-24(25)29-16-18-30(19-17-29)27(32)23-20-31(22-12-6-3-7-13-22)28-26(23)21-10-4-2-5-11-21/h2-15,20H,16-19H2,1H3. The van der Waals surface area contributed by atoms with Crippen molar-refractivity contribution in [2.75, 3.05) is 38.2 Å². The van der Waals surface area contributed by atoms with Crippen LogP contribution in [-0.2, 0) is 0 Å². The minimum Gasteiger partial charge on any atom is -0.495 e. The van der Waals surface area contributed by atoms with Gasteiger partial charge in [0.25, 0.3) is 5.91 Å². The Bertz CT molecular complexity index is 1230. The van der Waals surface area contributed by atoms with Gasteiger partial charge >= 0.3 is 0 Å². The first-order valence-corrected chi connectivity index (χ1v) is 11.1. The zero-order chi connectivity index (χ0) is 22.6. The number of nitrogens with zero attached hydrogens (tertiary/aromatic N) is 4. The van der Waals surface area contributed by atoms with Crippen molar-refractivity contribution in [3.05, 3.63) is 96.7 Å². The SMILES string of the molecule is COc1ccccc1N1CCN(C(=O)c2cn(-c3ccccc3)nc2-c2ccccc2)CC1. The van der Waals surface area contributed by atoms with Crippen LogP contribution in [0.25, 0.3) is 16.9 Å². The Kier molecular flexibility index (Phi) is 5.81. The molecule has 3 aromatic carbocycles. The summed E-state index contributed by atoms with van der Waals surface area (Å²) in [5, 5.41) is 4.79. The molecule has 1 aliphatic heterocycles. The molecule has 0 unspecified atom stereocenters. The van der Waals surface area contributed by atoms with Gasteiger partial charge in [-0.25, -0.2) is 4.68 Å².